The fraction of sp³-hybridized carbons (Fsp3) is 0.720. The van der Waals surface area contributed by atoms with Crippen LogP contribution >= 0.6 is 7.67 Å². The van der Waals surface area contributed by atoms with Gasteiger partial charge in [0, 0.05) is 12.3 Å². The highest BCUT2D eigenvalue weighted by molar-refractivity contribution is 7.54. The molecule has 0 aromatic carbocycles. The van der Waals surface area contributed by atoms with Crippen molar-refractivity contribution < 1.29 is 47.9 Å². The summed E-state index contributed by atoms with van der Waals surface area (Å²) in [6, 6.07) is -2.12. The lowest BCUT2D eigenvalue weighted by atomic mass is 9.96. The van der Waals surface area contributed by atoms with E-state index in [1.807, 2.05) is 27.7 Å². The van der Waals surface area contributed by atoms with E-state index in [1.165, 1.54) is 38.3 Å². The van der Waals surface area contributed by atoms with Gasteiger partial charge in [-0.15, -0.1) is 0 Å². The molecule has 1 amide bonds. The van der Waals surface area contributed by atoms with Gasteiger partial charge in [-0.3, -0.25) is 18.9 Å². The predicted octanol–water partition coefficient (Wildman–Crippen LogP) is 0.719. The minimum atomic E-state index is -4.25. The molecule has 5 N–H and O–H groups in total. The van der Waals surface area contributed by atoms with Gasteiger partial charge in [-0.25, -0.2) is 10.2 Å². The third-order valence-electron chi connectivity index (χ3n) is 6.43. The van der Waals surface area contributed by atoms with E-state index in [1.54, 1.807) is 0 Å². The van der Waals surface area contributed by atoms with Crippen LogP contribution < -0.4 is 15.5 Å². The van der Waals surface area contributed by atoms with Crippen LogP contribution in [0.1, 0.15) is 47.5 Å². The Labute approximate surface area is 235 Å². The molecule has 40 heavy (non-hydrogen) atoms. The molecule has 1 fully saturated rings. The van der Waals surface area contributed by atoms with E-state index in [4.69, 9.17) is 18.7 Å². The monoisotopic (exact) mass is 590 g/mol. The maximum absolute atomic E-state index is 14.2. The molecule has 6 atom stereocenters. The van der Waals surface area contributed by atoms with Crippen LogP contribution in [0.4, 0.5) is 0 Å². The highest BCUT2D eigenvalue weighted by Crippen LogP contribution is 2.43. The molecule has 14 nitrogen and oxygen atoms in total. The molecule has 3 unspecified atom stereocenters. The number of ether oxygens (including phenoxy) is 3. The van der Waals surface area contributed by atoms with Crippen LogP contribution in [0.3, 0.4) is 0 Å². The fourth-order valence-corrected chi connectivity index (χ4v) is 6.24. The summed E-state index contributed by atoms with van der Waals surface area (Å²) in [6.45, 7) is 12.0. The number of rotatable bonds is 14. The number of methoxy groups -OCH3 is 2. The second-order valence-electron chi connectivity index (χ2n) is 10.9. The van der Waals surface area contributed by atoms with E-state index in [0.717, 1.165) is 0 Å². The number of esters is 2. The molecule has 1 saturated heterocycles. The third kappa shape index (κ3) is 8.59. The van der Waals surface area contributed by atoms with Crippen LogP contribution in [-0.2, 0) is 37.7 Å². The maximum atomic E-state index is 14.2. The van der Waals surface area contributed by atoms with E-state index >= 15 is 0 Å². The van der Waals surface area contributed by atoms with Crippen molar-refractivity contribution in [1.82, 2.24) is 20.4 Å². The first-order valence-corrected chi connectivity index (χ1v) is 14.6. The average molecular weight is 591 g/mol. The first-order chi connectivity index (χ1) is 18.5. The van der Waals surface area contributed by atoms with Crippen molar-refractivity contribution in [3.8, 4) is 0 Å². The molecule has 15 heteroatoms. The Kier molecular flexibility index (Phi) is 11.9. The van der Waals surface area contributed by atoms with Gasteiger partial charge in [0.2, 0.25) is 0 Å². The molecule has 0 radical (unpaired) electrons. The number of hydrogen-bond donors (Lipinski definition) is 5. The fourth-order valence-electron chi connectivity index (χ4n) is 4.42. The SMILES string of the molecule is C=C1NC(=O)C=CN1[C@@H]1O[C@H](COP(=O)(NC(CC(C)C)C(=O)OC)NC(CC(C)C)C(=O)OC)[C@H](O)C1(C)O. The number of aliphatic hydroxyl groups is 2. The number of hydrogen-bond acceptors (Lipinski definition) is 11. The summed E-state index contributed by atoms with van der Waals surface area (Å²) >= 11 is 0. The van der Waals surface area contributed by atoms with Gasteiger partial charge in [0.05, 0.1) is 20.8 Å². The molecule has 2 heterocycles. The van der Waals surface area contributed by atoms with Gasteiger partial charge in [-0.2, -0.15) is 0 Å². The summed E-state index contributed by atoms with van der Waals surface area (Å²) in [5.74, 6) is -1.67. The number of amides is 1. The molecule has 0 saturated carbocycles. The standard InChI is InChI=1S/C25H43N4O10P/c1-14(2)11-17(22(32)36-7)27-40(35,28-18(12-15(3)4)23(33)37-8)38-13-19-21(31)25(6,34)24(39-19)29-10-9-20(30)26-16(29)5/h9-10,14-15,17-19,21,24,31,34H,5,11-13H2,1-4,6-8H3,(H,26,30)(H2,27,28,35)/t17?,18?,19-,21+,24-,25?,40?/m1/s1. The van der Waals surface area contributed by atoms with Crippen molar-refractivity contribution in [1.29, 1.82) is 0 Å². The number of aliphatic hydroxyl groups excluding tert-OH is 1. The van der Waals surface area contributed by atoms with Crippen molar-refractivity contribution in [3.63, 3.8) is 0 Å². The van der Waals surface area contributed by atoms with Crippen molar-refractivity contribution in [2.45, 2.75) is 83.6 Å². The largest absolute Gasteiger partial charge is 0.468 e. The molecule has 0 aromatic heterocycles. The average Bonchev–Trinajstić information content (AvgIpc) is 3.08. The zero-order chi connectivity index (χ0) is 30.4. The highest BCUT2D eigenvalue weighted by Gasteiger charge is 2.55. The Bertz CT molecular complexity index is 982. The van der Waals surface area contributed by atoms with Gasteiger partial charge in [-0.05, 0) is 31.6 Å². The van der Waals surface area contributed by atoms with Crippen molar-refractivity contribution >= 4 is 25.5 Å². The van der Waals surface area contributed by atoms with Crippen LogP contribution in [0.2, 0.25) is 0 Å². The molecule has 0 bridgehead atoms. The summed E-state index contributed by atoms with van der Waals surface area (Å²) in [4.78, 5) is 38.0. The van der Waals surface area contributed by atoms with Crippen LogP contribution in [0.5, 0.6) is 0 Å². The van der Waals surface area contributed by atoms with Gasteiger partial charge < -0.3 is 39.2 Å². The normalized spacial score (nSPS) is 27.9. The topological polar surface area (TPSA) is 185 Å². The first kappa shape index (κ1) is 33.9. The van der Waals surface area contributed by atoms with E-state index in [2.05, 4.69) is 22.1 Å². The molecular weight excluding hydrogens is 547 g/mol. The Morgan fingerprint density at radius 1 is 1.15 bits per heavy atom. The summed E-state index contributed by atoms with van der Waals surface area (Å²) in [6.07, 6.45) is -0.886. The zero-order valence-corrected chi connectivity index (χ0v) is 25.0. The summed E-state index contributed by atoms with van der Waals surface area (Å²) in [7, 11) is -1.85. The lowest BCUT2D eigenvalue weighted by Crippen LogP contribution is -2.53. The zero-order valence-electron chi connectivity index (χ0n) is 24.1. The van der Waals surface area contributed by atoms with Crippen LogP contribution in [0.25, 0.3) is 0 Å². The Morgan fingerprint density at radius 3 is 2.08 bits per heavy atom. The summed E-state index contributed by atoms with van der Waals surface area (Å²) in [5, 5.41) is 29.9. The van der Waals surface area contributed by atoms with Gasteiger partial charge in [0.1, 0.15) is 35.7 Å². The molecule has 2 rings (SSSR count). The lowest BCUT2D eigenvalue weighted by molar-refractivity contribution is -0.143. The van der Waals surface area contributed by atoms with Gasteiger partial charge in [-0.1, -0.05) is 34.3 Å². The van der Waals surface area contributed by atoms with Crippen LogP contribution in [0, 0.1) is 11.8 Å². The summed E-state index contributed by atoms with van der Waals surface area (Å²) < 4.78 is 35.6. The molecular formula is C25H43N4O10P. The minimum absolute atomic E-state index is 0.000789. The second kappa shape index (κ2) is 14.0. The van der Waals surface area contributed by atoms with Crippen LogP contribution in [-0.4, -0.2) is 89.9 Å². The third-order valence-corrected chi connectivity index (χ3v) is 8.25. The predicted molar refractivity (Wildman–Crippen MR) is 144 cm³/mol. The number of nitrogens with zero attached hydrogens (tertiary/aromatic N) is 1. The van der Waals surface area contributed by atoms with Gasteiger partial charge in [0.25, 0.3) is 5.91 Å². The first-order valence-electron chi connectivity index (χ1n) is 13.0. The highest BCUT2D eigenvalue weighted by atomic mass is 31.2. The van der Waals surface area contributed by atoms with Crippen molar-refractivity contribution in [2.24, 2.45) is 11.8 Å². The molecule has 2 aliphatic rings. The second-order valence-corrected chi connectivity index (χ2v) is 12.8. The quantitative estimate of drug-likeness (QED) is 0.141. The van der Waals surface area contributed by atoms with Crippen LogP contribution in [0.15, 0.2) is 24.7 Å². The van der Waals surface area contributed by atoms with E-state index in [0.29, 0.717) is 0 Å². The Morgan fingerprint density at radius 2 is 1.65 bits per heavy atom. The summed E-state index contributed by atoms with van der Waals surface area (Å²) in [5.41, 5.74) is -1.87. The molecule has 2 aliphatic heterocycles. The number of carbonyl (C=O) groups is 3. The maximum Gasteiger partial charge on any atom is 0.342 e. The van der Waals surface area contributed by atoms with E-state index < -0.39 is 68.2 Å². The van der Waals surface area contributed by atoms with Gasteiger partial charge in [0.15, 0.2) is 6.23 Å². The van der Waals surface area contributed by atoms with Gasteiger partial charge >= 0.3 is 19.6 Å². The Hall–Kier alpha value is -2.32. The smallest absolute Gasteiger partial charge is 0.342 e. The molecule has 228 valence electrons. The van der Waals surface area contributed by atoms with E-state index in [-0.39, 0.29) is 30.5 Å². The molecule has 0 aliphatic carbocycles. The minimum Gasteiger partial charge on any atom is -0.468 e. The van der Waals surface area contributed by atoms with Crippen molar-refractivity contribution in [2.75, 3.05) is 20.8 Å². The molecule has 0 spiro atoms. The van der Waals surface area contributed by atoms with Crippen molar-refractivity contribution in [3.05, 3.63) is 24.7 Å². The number of nitrogens with one attached hydrogen (secondary N) is 3. The Balaban J connectivity index is 2.34. The molecule has 0 aromatic rings. The van der Waals surface area contributed by atoms with E-state index in [9.17, 15) is 29.2 Å². The lowest BCUT2D eigenvalue weighted by Gasteiger charge is -2.37. The number of carbonyl (C=O) groups excluding carboxylic acids is 3.